The van der Waals surface area contributed by atoms with Crippen LogP contribution in [0.5, 0.6) is 0 Å². The molecule has 0 unspecified atom stereocenters. The molecule has 0 aliphatic heterocycles. The molecule has 0 radical (unpaired) electrons. The molecule has 21 heavy (non-hydrogen) atoms. The molecule has 2 rings (SSSR count). The van der Waals surface area contributed by atoms with E-state index < -0.39 is 15.7 Å². The second kappa shape index (κ2) is 5.77. The predicted molar refractivity (Wildman–Crippen MR) is 78.7 cm³/mol. The molecule has 0 saturated heterocycles. The van der Waals surface area contributed by atoms with Gasteiger partial charge in [-0.2, -0.15) is 5.26 Å². The fourth-order valence-corrected chi connectivity index (χ4v) is 2.69. The Hall–Kier alpha value is -2.65. The number of anilines is 1. The van der Waals surface area contributed by atoms with E-state index in [0.717, 1.165) is 6.26 Å². The molecule has 2 aromatic carbocycles. The van der Waals surface area contributed by atoms with Gasteiger partial charge in [0.15, 0.2) is 9.84 Å². The topological polar surface area (TPSA) is 87.0 Å². The van der Waals surface area contributed by atoms with E-state index in [9.17, 15) is 13.2 Å². The standard InChI is InChI=1S/C15H12N2O3S/c1-21(19,20)14-5-3-2-4-13(14)15(18)17-12-8-6-11(10-16)7-9-12/h2-9H,1H3,(H,17,18). The van der Waals surface area contributed by atoms with Crippen LogP contribution < -0.4 is 5.32 Å². The number of hydrogen-bond acceptors (Lipinski definition) is 4. The van der Waals surface area contributed by atoms with E-state index in [0.29, 0.717) is 11.3 Å². The van der Waals surface area contributed by atoms with Gasteiger partial charge in [0, 0.05) is 11.9 Å². The van der Waals surface area contributed by atoms with Gasteiger partial charge in [-0.25, -0.2) is 8.42 Å². The van der Waals surface area contributed by atoms with Crippen molar-refractivity contribution in [2.45, 2.75) is 4.90 Å². The Kier molecular flexibility index (Phi) is 4.05. The van der Waals surface area contributed by atoms with Crippen LogP contribution in [0.25, 0.3) is 0 Å². The lowest BCUT2D eigenvalue weighted by Crippen LogP contribution is -2.15. The van der Waals surface area contributed by atoms with Crippen molar-refractivity contribution >= 4 is 21.4 Å². The van der Waals surface area contributed by atoms with Crippen LogP contribution >= 0.6 is 0 Å². The van der Waals surface area contributed by atoms with Crippen molar-refractivity contribution in [3.63, 3.8) is 0 Å². The third-order valence-electron chi connectivity index (χ3n) is 2.80. The highest BCUT2D eigenvalue weighted by atomic mass is 32.2. The molecule has 1 N–H and O–H groups in total. The van der Waals surface area contributed by atoms with Crippen molar-refractivity contribution in [1.82, 2.24) is 0 Å². The van der Waals surface area contributed by atoms with E-state index >= 15 is 0 Å². The second-order valence-electron chi connectivity index (χ2n) is 4.41. The Morgan fingerprint density at radius 1 is 1.10 bits per heavy atom. The highest BCUT2D eigenvalue weighted by molar-refractivity contribution is 7.90. The molecule has 0 bridgehead atoms. The van der Waals surface area contributed by atoms with Crippen molar-refractivity contribution in [1.29, 1.82) is 5.26 Å². The van der Waals surface area contributed by atoms with E-state index in [1.165, 1.54) is 12.1 Å². The maximum Gasteiger partial charge on any atom is 0.256 e. The zero-order valence-electron chi connectivity index (χ0n) is 11.2. The van der Waals surface area contributed by atoms with Gasteiger partial charge in [0.25, 0.3) is 5.91 Å². The van der Waals surface area contributed by atoms with Gasteiger partial charge in [-0.3, -0.25) is 4.79 Å². The number of nitrogens with zero attached hydrogens (tertiary/aromatic N) is 1. The van der Waals surface area contributed by atoms with Gasteiger partial charge >= 0.3 is 0 Å². The highest BCUT2D eigenvalue weighted by Gasteiger charge is 2.18. The first-order valence-electron chi connectivity index (χ1n) is 6.02. The molecule has 0 saturated carbocycles. The largest absolute Gasteiger partial charge is 0.322 e. The fraction of sp³-hybridized carbons (Fsp3) is 0.0667. The van der Waals surface area contributed by atoms with Gasteiger partial charge in [0.1, 0.15) is 0 Å². The molecule has 6 heteroatoms. The first-order chi connectivity index (χ1) is 9.91. The summed E-state index contributed by atoms with van der Waals surface area (Å²) < 4.78 is 23.4. The summed E-state index contributed by atoms with van der Waals surface area (Å²) in [6.45, 7) is 0. The number of nitriles is 1. The van der Waals surface area contributed by atoms with Crippen molar-refractivity contribution < 1.29 is 13.2 Å². The van der Waals surface area contributed by atoms with Crippen molar-refractivity contribution in [2.75, 3.05) is 11.6 Å². The number of carbonyl (C=O) groups excluding carboxylic acids is 1. The summed E-state index contributed by atoms with van der Waals surface area (Å²) in [7, 11) is -3.49. The summed E-state index contributed by atoms with van der Waals surface area (Å²) in [5, 5.41) is 11.3. The maximum atomic E-state index is 12.2. The quantitative estimate of drug-likeness (QED) is 0.941. The Morgan fingerprint density at radius 2 is 1.71 bits per heavy atom. The van der Waals surface area contributed by atoms with Crippen molar-refractivity contribution in [2.24, 2.45) is 0 Å². The van der Waals surface area contributed by atoms with Crippen LogP contribution in [-0.2, 0) is 9.84 Å². The third-order valence-corrected chi connectivity index (χ3v) is 3.96. The smallest absolute Gasteiger partial charge is 0.256 e. The number of nitrogens with one attached hydrogen (secondary N) is 1. The van der Waals surface area contributed by atoms with Crippen LogP contribution in [0, 0.1) is 11.3 Å². The lowest BCUT2D eigenvalue weighted by Gasteiger charge is -2.09. The number of hydrogen-bond donors (Lipinski definition) is 1. The monoisotopic (exact) mass is 300 g/mol. The van der Waals surface area contributed by atoms with Crippen LogP contribution in [0.1, 0.15) is 15.9 Å². The van der Waals surface area contributed by atoms with Crippen LogP contribution in [0.2, 0.25) is 0 Å². The molecule has 0 atom stereocenters. The first kappa shape index (κ1) is 14.8. The van der Waals surface area contributed by atoms with E-state index in [1.807, 2.05) is 6.07 Å². The SMILES string of the molecule is CS(=O)(=O)c1ccccc1C(=O)Nc1ccc(C#N)cc1. The minimum Gasteiger partial charge on any atom is -0.322 e. The minimum atomic E-state index is -3.49. The average molecular weight is 300 g/mol. The van der Waals surface area contributed by atoms with Gasteiger partial charge < -0.3 is 5.32 Å². The zero-order valence-corrected chi connectivity index (χ0v) is 12.0. The summed E-state index contributed by atoms with van der Waals surface area (Å²) in [5.41, 5.74) is 1.05. The molecule has 5 nitrogen and oxygen atoms in total. The Labute approximate surface area is 122 Å². The fourth-order valence-electron chi connectivity index (χ4n) is 1.80. The van der Waals surface area contributed by atoms with Gasteiger partial charge in [-0.1, -0.05) is 12.1 Å². The third kappa shape index (κ3) is 3.46. The van der Waals surface area contributed by atoms with Crippen molar-refractivity contribution in [3.05, 3.63) is 59.7 Å². The first-order valence-corrected chi connectivity index (χ1v) is 7.91. The minimum absolute atomic E-state index is 0.0175. The summed E-state index contributed by atoms with van der Waals surface area (Å²) in [6.07, 6.45) is 1.06. The van der Waals surface area contributed by atoms with Gasteiger partial charge in [0.2, 0.25) is 0 Å². The van der Waals surface area contributed by atoms with Gasteiger partial charge in [-0.15, -0.1) is 0 Å². The highest BCUT2D eigenvalue weighted by Crippen LogP contribution is 2.17. The molecule has 0 heterocycles. The molecule has 0 aliphatic rings. The number of carbonyl (C=O) groups is 1. The molecular formula is C15H12N2O3S. The van der Waals surface area contributed by atoms with Crippen LogP contribution in [0.4, 0.5) is 5.69 Å². The molecule has 0 fully saturated rings. The Balaban J connectivity index is 2.31. The van der Waals surface area contributed by atoms with E-state index in [4.69, 9.17) is 5.26 Å². The zero-order chi connectivity index (χ0) is 15.5. The Bertz CT molecular complexity index is 819. The molecule has 0 spiro atoms. The molecule has 0 aliphatic carbocycles. The van der Waals surface area contributed by atoms with Crippen LogP contribution in [-0.4, -0.2) is 20.6 Å². The molecular weight excluding hydrogens is 288 g/mol. The lowest BCUT2D eigenvalue weighted by molar-refractivity contribution is 0.102. The number of benzene rings is 2. The summed E-state index contributed by atoms with van der Waals surface area (Å²) in [4.78, 5) is 12.2. The number of sulfone groups is 1. The molecule has 2 aromatic rings. The maximum absolute atomic E-state index is 12.2. The van der Waals surface area contributed by atoms with Crippen molar-refractivity contribution in [3.8, 4) is 6.07 Å². The van der Waals surface area contributed by atoms with E-state index in [-0.39, 0.29) is 10.5 Å². The molecule has 1 amide bonds. The normalized spacial score (nSPS) is 10.7. The van der Waals surface area contributed by atoms with Gasteiger partial charge in [-0.05, 0) is 36.4 Å². The van der Waals surface area contributed by atoms with E-state index in [2.05, 4.69) is 5.32 Å². The second-order valence-corrected chi connectivity index (χ2v) is 6.40. The van der Waals surface area contributed by atoms with Crippen LogP contribution in [0.15, 0.2) is 53.4 Å². The number of amides is 1. The average Bonchev–Trinajstić information content (AvgIpc) is 2.47. The molecule has 0 aromatic heterocycles. The number of rotatable bonds is 3. The van der Waals surface area contributed by atoms with Gasteiger partial charge in [0.05, 0.1) is 22.1 Å². The summed E-state index contributed by atoms with van der Waals surface area (Å²) in [6, 6.07) is 14.3. The van der Waals surface area contributed by atoms with E-state index in [1.54, 1.807) is 36.4 Å². The summed E-state index contributed by atoms with van der Waals surface area (Å²) in [5.74, 6) is -0.513. The predicted octanol–water partition coefficient (Wildman–Crippen LogP) is 2.21. The van der Waals surface area contributed by atoms with Crippen LogP contribution in [0.3, 0.4) is 0 Å². The Morgan fingerprint density at radius 3 is 2.29 bits per heavy atom. The molecule has 106 valence electrons. The summed E-state index contributed by atoms with van der Waals surface area (Å²) >= 11 is 0. The lowest BCUT2D eigenvalue weighted by atomic mass is 10.2.